The summed E-state index contributed by atoms with van der Waals surface area (Å²) in [6, 6.07) is 0. The molecule has 0 saturated carbocycles. The molecule has 3 heteroatoms. The monoisotopic (exact) mass is 270 g/mol. The van der Waals surface area contributed by atoms with Crippen LogP contribution in [-0.2, 0) is 14.2 Å². The van der Waals surface area contributed by atoms with Crippen LogP contribution in [0.15, 0.2) is 24.7 Å². The van der Waals surface area contributed by atoms with Crippen molar-refractivity contribution >= 4 is 0 Å². The van der Waals surface area contributed by atoms with Crippen molar-refractivity contribution in [3.63, 3.8) is 0 Å². The van der Waals surface area contributed by atoms with Gasteiger partial charge in [0.1, 0.15) is 0 Å². The lowest BCUT2D eigenvalue weighted by atomic mass is 10.4. The van der Waals surface area contributed by atoms with Gasteiger partial charge < -0.3 is 14.2 Å². The molecule has 0 aliphatic heterocycles. The zero-order chi connectivity index (χ0) is 14.0. The van der Waals surface area contributed by atoms with Crippen LogP contribution in [0.4, 0.5) is 0 Å². The van der Waals surface area contributed by atoms with Crippen LogP contribution < -0.4 is 0 Å². The van der Waals surface area contributed by atoms with E-state index in [1.807, 2.05) is 12.2 Å². The lowest BCUT2D eigenvalue weighted by Gasteiger charge is -2.00. The third-order valence-corrected chi connectivity index (χ3v) is 2.49. The first-order chi connectivity index (χ1) is 9.41. The Bertz CT molecular complexity index is 190. The summed E-state index contributed by atoms with van der Waals surface area (Å²) in [6.45, 7) is 7.60. The minimum Gasteiger partial charge on any atom is -0.473 e. The second-order valence-electron chi connectivity index (χ2n) is 4.39. The van der Waals surface area contributed by atoms with Crippen molar-refractivity contribution < 1.29 is 14.2 Å². The van der Waals surface area contributed by atoms with Gasteiger partial charge in [-0.15, -0.1) is 0 Å². The van der Waals surface area contributed by atoms with E-state index in [1.54, 1.807) is 12.5 Å². The Morgan fingerprint density at radius 3 is 1.58 bits per heavy atom. The van der Waals surface area contributed by atoms with Gasteiger partial charge in [-0.3, -0.25) is 0 Å². The summed E-state index contributed by atoms with van der Waals surface area (Å²) < 4.78 is 16.1. The lowest BCUT2D eigenvalue weighted by Crippen LogP contribution is -1.95. The summed E-state index contributed by atoms with van der Waals surface area (Å²) in [6.07, 6.45) is 13.8. The Balaban J connectivity index is 3.14. The van der Waals surface area contributed by atoms with Gasteiger partial charge in [-0.2, -0.15) is 0 Å². The zero-order valence-electron chi connectivity index (χ0n) is 12.6. The first-order valence-electron chi connectivity index (χ1n) is 7.52. The fourth-order valence-corrected chi connectivity index (χ4v) is 1.29. The molecule has 0 amide bonds. The van der Waals surface area contributed by atoms with E-state index in [0.29, 0.717) is 0 Å². The molecule has 19 heavy (non-hydrogen) atoms. The van der Waals surface area contributed by atoms with Gasteiger partial charge in [-0.25, -0.2) is 0 Å². The van der Waals surface area contributed by atoms with Crippen LogP contribution in [0.25, 0.3) is 0 Å². The van der Waals surface area contributed by atoms with Crippen LogP contribution in [0.3, 0.4) is 0 Å². The van der Waals surface area contributed by atoms with Gasteiger partial charge in [0.2, 0.25) is 0 Å². The molecule has 0 unspecified atom stereocenters. The molecule has 0 N–H and O–H groups in total. The van der Waals surface area contributed by atoms with Gasteiger partial charge in [0.25, 0.3) is 0 Å². The summed E-state index contributed by atoms with van der Waals surface area (Å²) in [5.74, 6) is 0. The summed E-state index contributed by atoms with van der Waals surface area (Å²) in [5, 5.41) is 0. The molecule has 3 nitrogen and oxygen atoms in total. The van der Waals surface area contributed by atoms with E-state index < -0.39 is 0 Å². The number of unbranched alkanes of at least 4 members (excludes halogenated alkanes) is 2. The highest BCUT2D eigenvalue weighted by Crippen LogP contribution is 1.93. The average molecular weight is 270 g/mol. The molecule has 0 spiro atoms. The first-order valence-corrected chi connectivity index (χ1v) is 7.52. The largest absolute Gasteiger partial charge is 0.473 e. The van der Waals surface area contributed by atoms with E-state index >= 15 is 0 Å². The maximum Gasteiger partial charge on any atom is 0.0862 e. The maximum atomic E-state index is 5.42. The van der Waals surface area contributed by atoms with Crippen molar-refractivity contribution in [2.45, 2.75) is 52.4 Å². The highest BCUT2D eigenvalue weighted by molar-refractivity contribution is 4.79. The van der Waals surface area contributed by atoms with Crippen molar-refractivity contribution in [1.29, 1.82) is 0 Å². The van der Waals surface area contributed by atoms with E-state index in [4.69, 9.17) is 14.2 Å². The van der Waals surface area contributed by atoms with E-state index in [-0.39, 0.29) is 0 Å². The predicted octanol–water partition coefficient (Wildman–Crippen LogP) is 4.44. The smallest absolute Gasteiger partial charge is 0.0862 e. The van der Waals surface area contributed by atoms with Crippen molar-refractivity contribution in [1.82, 2.24) is 0 Å². The van der Waals surface area contributed by atoms with Crippen LogP contribution in [0, 0.1) is 0 Å². The van der Waals surface area contributed by atoms with Gasteiger partial charge in [-0.05, 0) is 37.8 Å². The molecule has 0 atom stereocenters. The van der Waals surface area contributed by atoms with Crippen LogP contribution in [0.5, 0.6) is 0 Å². The highest BCUT2D eigenvalue weighted by atomic mass is 16.5. The molecule has 0 aliphatic rings. The van der Waals surface area contributed by atoms with E-state index in [1.165, 1.54) is 12.8 Å². The molecule has 0 saturated heterocycles. The molecule has 0 heterocycles. The number of ether oxygens (including phenoxy) is 3. The van der Waals surface area contributed by atoms with Crippen molar-refractivity contribution in [2.24, 2.45) is 0 Å². The maximum absolute atomic E-state index is 5.42. The van der Waals surface area contributed by atoms with Crippen LogP contribution in [0.2, 0.25) is 0 Å². The molecular weight excluding hydrogens is 240 g/mol. The van der Waals surface area contributed by atoms with Gasteiger partial charge >= 0.3 is 0 Å². The molecule has 0 radical (unpaired) electrons. The summed E-state index contributed by atoms with van der Waals surface area (Å²) in [7, 11) is 0. The summed E-state index contributed by atoms with van der Waals surface area (Å²) >= 11 is 0. The Morgan fingerprint density at radius 2 is 1.16 bits per heavy atom. The van der Waals surface area contributed by atoms with Crippen LogP contribution >= 0.6 is 0 Å². The van der Waals surface area contributed by atoms with Crippen molar-refractivity contribution in [3.05, 3.63) is 24.7 Å². The first kappa shape index (κ1) is 18.2. The third-order valence-electron chi connectivity index (χ3n) is 2.49. The van der Waals surface area contributed by atoms with Crippen LogP contribution in [0.1, 0.15) is 52.4 Å². The average Bonchev–Trinajstić information content (AvgIpc) is 2.43. The van der Waals surface area contributed by atoms with Gasteiger partial charge in [-0.1, -0.05) is 26.7 Å². The summed E-state index contributed by atoms with van der Waals surface area (Å²) in [5.41, 5.74) is 0. The number of rotatable bonds is 14. The van der Waals surface area contributed by atoms with E-state index in [9.17, 15) is 0 Å². The van der Waals surface area contributed by atoms with Crippen molar-refractivity contribution in [3.8, 4) is 0 Å². The molecule has 0 rings (SSSR count). The quantitative estimate of drug-likeness (QED) is 0.345. The molecule has 0 aromatic rings. The second-order valence-corrected chi connectivity index (χ2v) is 4.39. The Morgan fingerprint density at radius 1 is 0.684 bits per heavy atom. The lowest BCUT2D eigenvalue weighted by molar-refractivity contribution is 0.135. The predicted molar refractivity (Wildman–Crippen MR) is 80.1 cm³/mol. The van der Waals surface area contributed by atoms with Gasteiger partial charge in [0.05, 0.1) is 25.7 Å². The second kappa shape index (κ2) is 17.2. The Kier molecular flexibility index (Phi) is 16.5. The Hall–Kier alpha value is -0.800. The fraction of sp³-hybridized carbons (Fsp3) is 0.750. The number of hydrogen-bond acceptors (Lipinski definition) is 3. The topological polar surface area (TPSA) is 27.7 Å². The number of hydrogen-bond donors (Lipinski definition) is 0. The molecule has 112 valence electrons. The minimum atomic E-state index is 0.773. The Labute approximate surface area is 118 Å². The highest BCUT2D eigenvalue weighted by Gasteiger charge is 1.86. The van der Waals surface area contributed by atoms with Gasteiger partial charge in [0.15, 0.2) is 0 Å². The fourth-order valence-electron chi connectivity index (χ4n) is 1.29. The minimum absolute atomic E-state index is 0.773. The molecule has 0 bridgehead atoms. The van der Waals surface area contributed by atoms with Crippen molar-refractivity contribution in [2.75, 3.05) is 26.4 Å². The molecule has 0 fully saturated rings. The zero-order valence-corrected chi connectivity index (χ0v) is 12.6. The van der Waals surface area contributed by atoms with Gasteiger partial charge in [0, 0.05) is 13.2 Å². The molecule has 0 aromatic heterocycles. The van der Waals surface area contributed by atoms with E-state index in [2.05, 4.69) is 13.8 Å². The third kappa shape index (κ3) is 17.2. The molecule has 0 aromatic carbocycles. The normalized spacial score (nSPS) is 11.7. The van der Waals surface area contributed by atoms with Crippen LogP contribution in [-0.4, -0.2) is 26.4 Å². The van der Waals surface area contributed by atoms with E-state index in [0.717, 1.165) is 52.1 Å². The standard InChI is InChI=1S/C16H30O3/c1-3-5-11-17-13-7-9-15-19-16-10-8-14-18-12-6-4-2/h9-10,15-16H,3-8,11-14H2,1-2H3. The molecule has 0 aliphatic carbocycles. The SMILES string of the molecule is CCCCOCCC=COC=CCCOCCCC. The molecular formula is C16H30O3. The summed E-state index contributed by atoms with van der Waals surface area (Å²) in [4.78, 5) is 0.